The first kappa shape index (κ1) is 12.4. The van der Waals surface area contributed by atoms with Gasteiger partial charge >= 0.3 is 0 Å². The second kappa shape index (κ2) is 4.82. The number of aryl methyl sites for hydroxylation is 3. The lowest BCUT2D eigenvalue weighted by Gasteiger charge is -1.99. The smallest absolute Gasteiger partial charge is 0.233 e. The van der Waals surface area contributed by atoms with Crippen molar-refractivity contribution in [2.24, 2.45) is 12.8 Å². The standard InChI is InChI=1S/C12H14BrN5O/c1-17-10(5-4-8-3-2-6-19-8)16-18-11(13)9(7-14)15-12(17)18/h2-3,6H,4-5,7,14H2,1H3. The van der Waals surface area contributed by atoms with Crippen LogP contribution in [0.3, 0.4) is 0 Å². The molecule has 2 N–H and O–H groups in total. The van der Waals surface area contributed by atoms with Gasteiger partial charge in [0.15, 0.2) is 0 Å². The summed E-state index contributed by atoms with van der Waals surface area (Å²) in [6, 6.07) is 3.86. The van der Waals surface area contributed by atoms with Gasteiger partial charge in [0.1, 0.15) is 16.2 Å². The molecule has 0 aliphatic rings. The van der Waals surface area contributed by atoms with E-state index in [1.807, 2.05) is 23.7 Å². The zero-order valence-electron chi connectivity index (χ0n) is 10.5. The Morgan fingerprint density at radius 3 is 2.89 bits per heavy atom. The van der Waals surface area contributed by atoms with Gasteiger partial charge in [-0.25, -0.2) is 4.98 Å². The first-order valence-corrected chi connectivity index (χ1v) is 6.81. The van der Waals surface area contributed by atoms with Gasteiger partial charge in [-0.2, -0.15) is 9.61 Å². The number of nitrogens with zero attached hydrogens (tertiary/aromatic N) is 4. The van der Waals surface area contributed by atoms with Gasteiger partial charge in [0.25, 0.3) is 0 Å². The first-order valence-electron chi connectivity index (χ1n) is 6.02. The van der Waals surface area contributed by atoms with Gasteiger partial charge in [-0.05, 0) is 28.1 Å². The number of nitrogens with two attached hydrogens (primary N) is 1. The third-order valence-corrected chi connectivity index (χ3v) is 3.91. The van der Waals surface area contributed by atoms with Crippen LogP contribution in [0.15, 0.2) is 27.4 Å². The molecule has 0 atom stereocenters. The maximum Gasteiger partial charge on any atom is 0.233 e. The number of fused-ring (bicyclic) bond motifs is 1. The molecule has 0 fully saturated rings. The number of furan rings is 1. The minimum atomic E-state index is 0.395. The Bertz CT molecular complexity index is 697. The van der Waals surface area contributed by atoms with Crippen molar-refractivity contribution in [1.82, 2.24) is 19.2 Å². The van der Waals surface area contributed by atoms with E-state index < -0.39 is 0 Å². The predicted octanol–water partition coefficient (Wildman–Crippen LogP) is 1.67. The van der Waals surface area contributed by atoms with Crippen molar-refractivity contribution in [3.63, 3.8) is 0 Å². The number of hydrogen-bond acceptors (Lipinski definition) is 4. The van der Waals surface area contributed by atoms with Crippen LogP contribution in [0.5, 0.6) is 0 Å². The molecule has 0 aliphatic heterocycles. The maximum atomic E-state index is 5.63. The Balaban J connectivity index is 1.90. The highest BCUT2D eigenvalue weighted by Crippen LogP contribution is 2.19. The van der Waals surface area contributed by atoms with Crippen molar-refractivity contribution in [3.05, 3.63) is 40.3 Å². The first-order chi connectivity index (χ1) is 9.20. The molecule has 19 heavy (non-hydrogen) atoms. The fourth-order valence-electron chi connectivity index (χ4n) is 2.07. The molecule has 3 heterocycles. The summed E-state index contributed by atoms with van der Waals surface area (Å²) in [5, 5.41) is 4.55. The summed E-state index contributed by atoms with van der Waals surface area (Å²) in [6.45, 7) is 0.395. The van der Waals surface area contributed by atoms with Crippen molar-refractivity contribution in [2.45, 2.75) is 19.4 Å². The summed E-state index contributed by atoms with van der Waals surface area (Å²) >= 11 is 3.48. The fraction of sp³-hybridized carbons (Fsp3) is 0.333. The third kappa shape index (κ3) is 2.08. The molecule has 0 aromatic carbocycles. The van der Waals surface area contributed by atoms with Crippen LogP contribution in [-0.2, 0) is 26.4 Å². The van der Waals surface area contributed by atoms with Crippen molar-refractivity contribution in [2.75, 3.05) is 0 Å². The molecule has 0 spiro atoms. The van der Waals surface area contributed by atoms with Crippen molar-refractivity contribution >= 4 is 21.7 Å². The van der Waals surface area contributed by atoms with Gasteiger partial charge in [0, 0.05) is 26.4 Å². The normalized spacial score (nSPS) is 11.5. The quantitative estimate of drug-likeness (QED) is 0.792. The molecule has 6 nitrogen and oxygen atoms in total. The summed E-state index contributed by atoms with van der Waals surface area (Å²) in [6.07, 6.45) is 3.31. The molecule has 0 aliphatic carbocycles. The summed E-state index contributed by atoms with van der Waals surface area (Å²) in [5.41, 5.74) is 6.44. The third-order valence-electron chi connectivity index (χ3n) is 3.12. The summed E-state index contributed by atoms with van der Waals surface area (Å²) in [4.78, 5) is 4.46. The van der Waals surface area contributed by atoms with Crippen LogP contribution in [0.1, 0.15) is 17.3 Å². The van der Waals surface area contributed by atoms with Crippen LogP contribution in [-0.4, -0.2) is 19.2 Å². The molecule has 0 saturated heterocycles. The SMILES string of the molecule is Cn1c(CCc2ccco2)nn2c(Br)c(CN)nc12. The van der Waals surface area contributed by atoms with Crippen molar-refractivity contribution in [3.8, 4) is 0 Å². The highest BCUT2D eigenvalue weighted by molar-refractivity contribution is 9.10. The Kier molecular flexibility index (Phi) is 3.16. The number of aromatic nitrogens is 4. The molecule has 3 rings (SSSR count). The van der Waals surface area contributed by atoms with E-state index in [2.05, 4.69) is 26.0 Å². The van der Waals surface area contributed by atoms with Crippen LogP contribution in [0.4, 0.5) is 0 Å². The van der Waals surface area contributed by atoms with E-state index in [0.29, 0.717) is 6.54 Å². The van der Waals surface area contributed by atoms with Crippen LogP contribution < -0.4 is 5.73 Å². The highest BCUT2D eigenvalue weighted by atomic mass is 79.9. The van der Waals surface area contributed by atoms with E-state index in [0.717, 1.165) is 40.5 Å². The predicted molar refractivity (Wildman–Crippen MR) is 73.7 cm³/mol. The molecule has 0 amide bonds. The van der Waals surface area contributed by atoms with Crippen molar-refractivity contribution in [1.29, 1.82) is 0 Å². The van der Waals surface area contributed by atoms with E-state index in [-0.39, 0.29) is 0 Å². The average Bonchev–Trinajstić information content (AvgIpc) is 3.08. The lowest BCUT2D eigenvalue weighted by Crippen LogP contribution is -2.02. The van der Waals surface area contributed by atoms with E-state index in [4.69, 9.17) is 10.2 Å². The molecule has 7 heteroatoms. The maximum absolute atomic E-state index is 5.63. The fourth-order valence-corrected chi connectivity index (χ4v) is 2.55. The molecule has 0 unspecified atom stereocenters. The Morgan fingerprint density at radius 2 is 2.26 bits per heavy atom. The Morgan fingerprint density at radius 1 is 1.42 bits per heavy atom. The van der Waals surface area contributed by atoms with Crippen LogP contribution in [0.2, 0.25) is 0 Å². The number of imidazole rings is 1. The summed E-state index contributed by atoms with van der Waals surface area (Å²) in [5.74, 6) is 2.72. The number of rotatable bonds is 4. The monoisotopic (exact) mass is 323 g/mol. The van der Waals surface area contributed by atoms with Crippen LogP contribution in [0, 0.1) is 0 Å². The lowest BCUT2D eigenvalue weighted by atomic mass is 10.2. The van der Waals surface area contributed by atoms with E-state index in [9.17, 15) is 0 Å². The van der Waals surface area contributed by atoms with Gasteiger partial charge in [-0.1, -0.05) is 0 Å². The van der Waals surface area contributed by atoms with Gasteiger partial charge in [0.2, 0.25) is 5.78 Å². The molecule has 0 saturated carbocycles. The zero-order valence-corrected chi connectivity index (χ0v) is 12.1. The molecular weight excluding hydrogens is 310 g/mol. The van der Waals surface area contributed by atoms with Gasteiger partial charge in [-0.3, -0.25) is 4.57 Å². The Labute approximate surface area is 118 Å². The minimum Gasteiger partial charge on any atom is -0.469 e. The van der Waals surface area contributed by atoms with Crippen molar-refractivity contribution < 1.29 is 4.42 Å². The second-order valence-corrected chi connectivity index (χ2v) is 5.07. The highest BCUT2D eigenvalue weighted by Gasteiger charge is 2.16. The summed E-state index contributed by atoms with van der Waals surface area (Å²) < 4.78 is 9.91. The van der Waals surface area contributed by atoms with Crippen LogP contribution >= 0.6 is 15.9 Å². The van der Waals surface area contributed by atoms with E-state index in [1.54, 1.807) is 10.8 Å². The number of hydrogen-bond donors (Lipinski definition) is 1. The molecule has 100 valence electrons. The number of halogens is 1. The van der Waals surface area contributed by atoms with Gasteiger partial charge < -0.3 is 10.2 Å². The second-order valence-electron chi connectivity index (χ2n) is 4.32. The Hall–Kier alpha value is -1.60. The molecular formula is C12H14BrN5O. The van der Waals surface area contributed by atoms with E-state index in [1.165, 1.54) is 0 Å². The molecule has 0 radical (unpaired) electrons. The van der Waals surface area contributed by atoms with Gasteiger partial charge in [-0.15, -0.1) is 0 Å². The largest absolute Gasteiger partial charge is 0.469 e. The molecule has 3 aromatic rings. The zero-order chi connectivity index (χ0) is 13.4. The van der Waals surface area contributed by atoms with E-state index >= 15 is 0 Å². The average molecular weight is 324 g/mol. The minimum absolute atomic E-state index is 0.395. The summed E-state index contributed by atoms with van der Waals surface area (Å²) in [7, 11) is 1.96. The van der Waals surface area contributed by atoms with Crippen LogP contribution in [0.25, 0.3) is 5.78 Å². The molecule has 3 aromatic heterocycles. The van der Waals surface area contributed by atoms with Gasteiger partial charge in [0.05, 0.1) is 12.0 Å². The topological polar surface area (TPSA) is 74.3 Å². The lowest BCUT2D eigenvalue weighted by molar-refractivity contribution is 0.504. The molecule has 0 bridgehead atoms.